The van der Waals surface area contributed by atoms with Gasteiger partial charge in [0.15, 0.2) is 19.9 Å². The van der Waals surface area contributed by atoms with Gasteiger partial charge in [0, 0.05) is 6.42 Å². The summed E-state index contributed by atoms with van der Waals surface area (Å²) in [4.78, 5) is 18.3. The van der Waals surface area contributed by atoms with Crippen molar-refractivity contribution >= 4 is 26.1 Å². The van der Waals surface area contributed by atoms with Crippen molar-refractivity contribution < 1.29 is 18.4 Å². The molecule has 1 saturated carbocycles. The van der Waals surface area contributed by atoms with Gasteiger partial charge in [0.1, 0.15) is 5.25 Å². The van der Waals surface area contributed by atoms with Crippen LogP contribution in [-0.2, 0) is 20.0 Å². The van der Waals surface area contributed by atoms with Gasteiger partial charge < -0.3 is 9.31 Å². The fraction of sp³-hybridized carbons (Fsp3) is 0.458. The molecule has 0 aromatic heterocycles. The van der Waals surface area contributed by atoms with E-state index in [1.165, 1.54) is 5.56 Å². The van der Waals surface area contributed by atoms with E-state index in [2.05, 4.69) is 46.0 Å². The standard InChI is InChI=1S/C24H32O4SSi/c1-24(2,3)30(4,5)27-22-19(16-18-12-8-6-9-13-18)17-21(25)23(22)29-28-26-20-14-10-7-11-15-20/h6-15,19,22-23H,16-17H2,1-5H3. The topological polar surface area (TPSA) is 44.8 Å². The molecule has 1 fully saturated rings. The maximum atomic E-state index is 12.9. The van der Waals surface area contributed by atoms with Crippen LogP contribution in [0.5, 0.6) is 5.75 Å². The van der Waals surface area contributed by atoms with E-state index in [0.717, 1.165) is 18.5 Å². The Morgan fingerprint density at radius 1 is 1.00 bits per heavy atom. The molecule has 3 unspecified atom stereocenters. The molecule has 4 nitrogen and oxygen atoms in total. The molecule has 0 bridgehead atoms. The third kappa shape index (κ3) is 5.75. The molecule has 3 rings (SSSR count). The molecule has 0 heterocycles. The summed E-state index contributed by atoms with van der Waals surface area (Å²) in [6.45, 7) is 11.1. The molecule has 30 heavy (non-hydrogen) atoms. The van der Waals surface area contributed by atoms with Gasteiger partial charge >= 0.3 is 0 Å². The number of carbonyl (C=O) groups excluding carboxylic acids is 1. The highest BCUT2D eigenvalue weighted by molar-refractivity contribution is 7.96. The Kier molecular flexibility index (Phi) is 7.45. The van der Waals surface area contributed by atoms with Crippen LogP contribution in [0.15, 0.2) is 60.7 Å². The fourth-order valence-corrected chi connectivity index (χ4v) is 5.64. The van der Waals surface area contributed by atoms with Crippen molar-refractivity contribution in [3.05, 3.63) is 66.2 Å². The van der Waals surface area contributed by atoms with E-state index in [9.17, 15) is 4.79 Å². The van der Waals surface area contributed by atoms with Crippen LogP contribution in [0.25, 0.3) is 0 Å². The van der Waals surface area contributed by atoms with E-state index in [-0.39, 0.29) is 22.8 Å². The lowest BCUT2D eigenvalue weighted by Crippen LogP contribution is -2.47. The van der Waals surface area contributed by atoms with Crippen molar-refractivity contribution in [2.24, 2.45) is 5.92 Å². The number of benzene rings is 2. The minimum Gasteiger partial charge on any atom is -0.412 e. The lowest BCUT2D eigenvalue weighted by atomic mass is 9.96. The average molecular weight is 445 g/mol. The van der Waals surface area contributed by atoms with Crippen LogP contribution in [0.3, 0.4) is 0 Å². The zero-order valence-electron chi connectivity index (χ0n) is 18.5. The average Bonchev–Trinajstić information content (AvgIpc) is 2.97. The van der Waals surface area contributed by atoms with E-state index < -0.39 is 13.6 Å². The highest BCUT2D eigenvalue weighted by atomic mass is 32.2. The van der Waals surface area contributed by atoms with E-state index in [1.807, 2.05) is 48.5 Å². The lowest BCUT2D eigenvalue weighted by molar-refractivity contribution is -0.118. The molecule has 2 aromatic carbocycles. The second-order valence-electron chi connectivity index (χ2n) is 9.44. The Morgan fingerprint density at radius 3 is 2.20 bits per heavy atom. The van der Waals surface area contributed by atoms with Gasteiger partial charge in [0.05, 0.1) is 18.1 Å². The molecule has 3 atom stereocenters. The van der Waals surface area contributed by atoms with Gasteiger partial charge in [-0.3, -0.25) is 4.79 Å². The SMILES string of the molecule is CC(C)(C)[Si](C)(C)OC1C(Cc2ccccc2)CC(=O)C1SOOc1ccccc1. The van der Waals surface area contributed by atoms with Crippen LogP contribution < -0.4 is 4.89 Å². The molecular weight excluding hydrogens is 412 g/mol. The molecule has 1 aliphatic carbocycles. The number of hydrogen-bond donors (Lipinski definition) is 0. The van der Waals surface area contributed by atoms with E-state index >= 15 is 0 Å². The molecule has 0 spiro atoms. The monoisotopic (exact) mass is 444 g/mol. The van der Waals surface area contributed by atoms with E-state index in [0.29, 0.717) is 12.2 Å². The Hall–Kier alpha value is -1.60. The predicted molar refractivity (Wildman–Crippen MR) is 125 cm³/mol. The molecule has 0 N–H and O–H groups in total. The van der Waals surface area contributed by atoms with Gasteiger partial charge in [-0.25, -0.2) is 0 Å². The number of Topliss-reactive ketones (excluding diaryl/α,β-unsaturated/α-hetero) is 1. The largest absolute Gasteiger partial charge is 0.412 e. The summed E-state index contributed by atoms with van der Waals surface area (Å²) in [5.74, 6) is 0.909. The van der Waals surface area contributed by atoms with Gasteiger partial charge in [-0.15, -0.1) is 4.33 Å². The molecule has 0 amide bonds. The molecule has 0 saturated heterocycles. The van der Waals surface area contributed by atoms with Gasteiger partial charge in [-0.1, -0.05) is 69.3 Å². The van der Waals surface area contributed by atoms with Gasteiger partial charge in [0.2, 0.25) is 0 Å². The third-order valence-electron chi connectivity index (χ3n) is 6.14. The van der Waals surface area contributed by atoms with Crippen molar-refractivity contribution in [2.75, 3.05) is 0 Å². The van der Waals surface area contributed by atoms with Crippen LogP contribution in [0.4, 0.5) is 0 Å². The number of ketones is 1. The maximum Gasteiger partial charge on any atom is 0.192 e. The summed E-state index contributed by atoms with van der Waals surface area (Å²) < 4.78 is 12.2. The molecule has 0 radical (unpaired) electrons. The smallest absolute Gasteiger partial charge is 0.192 e. The van der Waals surface area contributed by atoms with Crippen molar-refractivity contribution in [2.45, 2.75) is 63.1 Å². The summed E-state index contributed by atoms with van der Waals surface area (Å²) in [5, 5.41) is -0.330. The first-order chi connectivity index (χ1) is 14.2. The van der Waals surface area contributed by atoms with Crippen LogP contribution in [0.1, 0.15) is 32.8 Å². The van der Waals surface area contributed by atoms with Gasteiger partial charge in [-0.05, 0) is 48.2 Å². The Labute approximate surface area is 185 Å². The molecule has 162 valence electrons. The Balaban J connectivity index is 1.75. The molecule has 0 aliphatic heterocycles. The Morgan fingerprint density at radius 2 is 1.60 bits per heavy atom. The summed E-state index contributed by atoms with van der Waals surface area (Å²) >= 11 is 1.09. The second-order valence-corrected chi connectivity index (χ2v) is 15.0. The van der Waals surface area contributed by atoms with E-state index in [1.54, 1.807) is 0 Å². The molecule has 6 heteroatoms. The minimum atomic E-state index is -2.07. The van der Waals surface area contributed by atoms with Crippen LogP contribution in [-0.4, -0.2) is 25.5 Å². The van der Waals surface area contributed by atoms with Crippen LogP contribution in [0, 0.1) is 5.92 Å². The molecule has 2 aromatic rings. The van der Waals surface area contributed by atoms with Crippen molar-refractivity contribution in [1.82, 2.24) is 0 Å². The normalized spacial score (nSPS) is 22.3. The summed E-state index contributed by atoms with van der Waals surface area (Å²) in [6.07, 6.45) is 1.13. The lowest BCUT2D eigenvalue weighted by Gasteiger charge is -2.40. The molecule has 1 aliphatic rings. The van der Waals surface area contributed by atoms with Crippen molar-refractivity contribution in [1.29, 1.82) is 0 Å². The highest BCUT2D eigenvalue weighted by Crippen LogP contribution is 2.43. The minimum absolute atomic E-state index is 0.0621. The Bertz CT molecular complexity index is 820. The zero-order valence-corrected chi connectivity index (χ0v) is 20.3. The molecular formula is C24H32O4SSi. The van der Waals surface area contributed by atoms with Crippen LogP contribution >= 0.6 is 12.0 Å². The predicted octanol–water partition coefficient (Wildman–Crippen LogP) is 6.24. The number of para-hydroxylation sites is 1. The zero-order chi connectivity index (χ0) is 21.8. The fourth-order valence-electron chi connectivity index (χ4n) is 3.39. The van der Waals surface area contributed by atoms with E-state index in [4.69, 9.17) is 13.6 Å². The summed E-state index contributed by atoms with van der Waals surface area (Å²) in [5.41, 5.74) is 1.23. The number of rotatable bonds is 8. The quantitative estimate of drug-likeness (QED) is 0.209. The highest BCUT2D eigenvalue weighted by Gasteiger charge is 2.49. The van der Waals surface area contributed by atoms with Crippen LogP contribution in [0.2, 0.25) is 18.1 Å². The van der Waals surface area contributed by atoms with Gasteiger partial charge in [-0.2, -0.15) is 0 Å². The van der Waals surface area contributed by atoms with Crippen molar-refractivity contribution in [3.63, 3.8) is 0 Å². The number of hydrogen-bond acceptors (Lipinski definition) is 5. The first-order valence-corrected chi connectivity index (χ1v) is 14.2. The number of carbonyl (C=O) groups is 1. The van der Waals surface area contributed by atoms with Crippen molar-refractivity contribution in [3.8, 4) is 5.75 Å². The summed E-state index contributed by atoms with van der Waals surface area (Å²) in [7, 11) is -2.07. The second kappa shape index (κ2) is 9.69. The third-order valence-corrected chi connectivity index (χ3v) is 11.5. The first kappa shape index (κ1) is 23.1. The first-order valence-electron chi connectivity index (χ1n) is 10.5. The summed E-state index contributed by atoms with van der Waals surface area (Å²) in [6, 6.07) is 19.6. The van der Waals surface area contributed by atoms with Gasteiger partial charge in [0.25, 0.3) is 0 Å². The maximum absolute atomic E-state index is 12.9.